The Labute approximate surface area is 142 Å². The van der Waals surface area contributed by atoms with E-state index in [1.54, 1.807) is 30.3 Å². The number of aliphatic hydroxyl groups is 2. The summed E-state index contributed by atoms with van der Waals surface area (Å²) in [5, 5.41) is 18.8. The summed E-state index contributed by atoms with van der Waals surface area (Å²) in [6.07, 6.45) is 0.596. The first kappa shape index (κ1) is 17.1. The third-order valence-corrected chi connectivity index (χ3v) is 6.36. The number of aryl methyl sites for hydroxylation is 1. The van der Waals surface area contributed by atoms with Crippen LogP contribution in [0, 0.1) is 6.92 Å². The minimum Gasteiger partial charge on any atom is -0.392 e. The molecule has 5 nitrogen and oxygen atoms in total. The van der Waals surface area contributed by atoms with Gasteiger partial charge in [-0.1, -0.05) is 29.8 Å². The molecule has 24 heavy (non-hydrogen) atoms. The van der Waals surface area contributed by atoms with Gasteiger partial charge in [-0.05, 0) is 47.7 Å². The Kier molecular flexibility index (Phi) is 4.73. The first-order chi connectivity index (χ1) is 11.5. The van der Waals surface area contributed by atoms with Gasteiger partial charge in [0.15, 0.2) is 0 Å². The van der Waals surface area contributed by atoms with Crippen molar-refractivity contribution in [1.82, 2.24) is 4.31 Å². The normalized spacial score (nSPS) is 15.3. The van der Waals surface area contributed by atoms with Gasteiger partial charge in [-0.25, -0.2) is 8.42 Å². The SMILES string of the molecule is Cc1ccc(S(=O)(=O)N2CCc3cc(CO)c(CO)cc3C2)cc1. The van der Waals surface area contributed by atoms with Gasteiger partial charge in [0.2, 0.25) is 10.0 Å². The van der Waals surface area contributed by atoms with Gasteiger partial charge in [-0.3, -0.25) is 0 Å². The Morgan fingerprint density at radius 2 is 1.58 bits per heavy atom. The number of rotatable bonds is 4. The van der Waals surface area contributed by atoms with E-state index in [1.807, 2.05) is 13.0 Å². The summed E-state index contributed by atoms with van der Waals surface area (Å²) in [6.45, 7) is 2.31. The second kappa shape index (κ2) is 6.64. The molecule has 0 saturated carbocycles. The molecule has 1 heterocycles. The van der Waals surface area contributed by atoms with E-state index in [4.69, 9.17) is 0 Å². The Hall–Kier alpha value is -1.73. The van der Waals surface area contributed by atoms with Crippen LogP contribution in [0.2, 0.25) is 0 Å². The topological polar surface area (TPSA) is 77.8 Å². The van der Waals surface area contributed by atoms with Crippen molar-refractivity contribution in [3.05, 3.63) is 64.2 Å². The minimum absolute atomic E-state index is 0.130. The van der Waals surface area contributed by atoms with Crippen LogP contribution in [0.4, 0.5) is 0 Å². The van der Waals surface area contributed by atoms with E-state index >= 15 is 0 Å². The molecule has 3 rings (SSSR count). The van der Waals surface area contributed by atoms with E-state index in [9.17, 15) is 18.6 Å². The van der Waals surface area contributed by atoms with E-state index in [0.717, 1.165) is 16.7 Å². The van der Waals surface area contributed by atoms with Gasteiger partial charge >= 0.3 is 0 Å². The average Bonchev–Trinajstić information content (AvgIpc) is 2.60. The molecule has 0 amide bonds. The lowest BCUT2D eigenvalue weighted by Gasteiger charge is -2.29. The lowest BCUT2D eigenvalue weighted by Crippen LogP contribution is -2.36. The quantitative estimate of drug-likeness (QED) is 0.883. The zero-order chi connectivity index (χ0) is 17.3. The molecule has 2 aromatic carbocycles. The molecule has 0 saturated heterocycles. The van der Waals surface area contributed by atoms with Crippen LogP contribution in [0.15, 0.2) is 41.3 Å². The summed E-state index contributed by atoms with van der Waals surface area (Å²) < 4.78 is 27.1. The van der Waals surface area contributed by atoms with Crippen molar-refractivity contribution in [1.29, 1.82) is 0 Å². The van der Waals surface area contributed by atoms with Gasteiger partial charge in [0.25, 0.3) is 0 Å². The second-order valence-electron chi connectivity index (χ2n) is 6.11. The molecule has 6 heteroatoms. The molecule has 0 radical (unpaired) electrons. The summed E-state index contributed by atoms with van der Waals surface area (Å²) in [4.78, 5) is 0.297. The maximum absolute atomic E-state index is 12.8. The molecule has 0 bridgehead atoms. The molecule has 1 aliphatic heterocycles. The lowest BCUT2D eigenvalue weighted by atomic mass is 9.95. The van der Waals surface area contributed by atoms with Gasteiger partial charge in [0.1, 0.15) is 0 Å². The molecule has 0 atom stereocenters. The highest BCUT2D eigenvalue weighted by Crippen LogP contribution is 2.27. The fraction of sp³-hybridized carbons (Fsp3) is 0.333. The van der Waals surface area contributed by atoms with Crippen molar-refractivity contribution in [3.63, 3.8) is 0 Å². The van der Waals surface area contributed by atoms with E-state index < -0.39 is 10.0 Å². The monoisotopic (exact) mass is 347 g/mol. The van der Waals surface area contributed by atoms with Gasteiger partial charge in [-0.15, -0.1) is 0 Å². The third-order valence-electron chi connectivity index (χ3n) is 4.50. The van der Waals surface area contributed by atoms with Crippen LogP contribution in [0.1, 0.15) is 27.8 Å². The van der Waals surface area contributed by atoms with E-state index in [0.29, 0.717) is 29.0 Å². The van der Waals surface area contributed by atoms with Crippen LogP contribution < -0.4 is 0 Å². The van der Waals surface area contributed by atoms with Crippen molar-refractivity contribution in [2.75, 3.05) is 6.54 Å². The highest BCUT2D eigenvalue weighted by atomic mass is 32.2. The Morgan fingerprint density at radius 3 is 2.17 bits per heavy atom. The van der Waals surface area contributed by atoms with Crippen molar-refractivity contribution in [2.45, 2.75) is 38.0 Å². The number of hydrogen-bond donors (Lipinski definition) is 2. The number of nitrogens with zero attached hydrogens (tertiary/aromatic N) is 1. The van der Waals surface area contributed by atoms with Crippen LogP contribution in [0.25, 0.3) is 0 Å². The lowest BCUT2D eigenvalue weighted by molar-refractivity contribution is 0.259. The largest absolute Gasteiger partial charge is 0.392 e. The van der Waals surface area contributed by atoms with Crippen LogP contribution in [-0.4, -0.2) is 29.5 Å². The highest BCUT2D eigenvalue weighted by molar-refractivity contribution is 7.89. The van der Waals surface area contributed by atoms with Crippen LogP contribution in [0.5, 0.6) is 0 Å². The van der Waals surface area contributed by atoms with Gasteiger partial charge in [-0.2, -0.15) is 4.31 Å². The fourth-order valence-electron chi connectivity index (χ4n) is 3.04. The molecule has 0 aliphatic carbocycles. The van der Waals surface area contributed by atoms with Crippen molar-refractivity contribution >= 4 is 10.0 Å². The summed E-state index contributed by atoms with van der Waals surface area (Å²) in [5.74, 6) is 0. The second-order valence-corrected chi connectivity index (χ2v) is 8.05. The number of hydrogen-bond acceptors (Lipinski definition) is 4. The van der Waals surface area contributed by atoms with Crippen LogP contribution >= 0.6 is 0 Å². The van der Waals surface area contributed by atoms with Crippen LogP contribution in [0.3, 0.4) is 0 Å². The average molecular weight is 347 g/mol. The van der Waals surface area contributed by atoms with Gasteiger partial charge in [0.05, 0.1) is 18.1 Å². The molecule has 0 spiro atoms. The first-order valence-corrected chi connectivity index (χ1v) is 9.32. The highest BCUT2D eigenvalue weighted by Gasteiger charge is 2.28. The minimum atomic E-state index is -3.54. The maximum Gasteiger partial charge on any atom is 0.243 e. The fourth-order valence-corrected chi connectivity index (χ4v) is 4.46. The molecule has 2 N–H and O–H groups in total. The molecule has 2 aromatic rings. The van der Waals surface area contributed by atoms with Crippen molar-refractivity contribution in [3.8, 4) is 0 Å². The summed E-state index contributed by atoms with van der Waals surface area (Å²) in [5.41, 5.74) is 4.28. The predicted octanol–water partition coefficient (Wildman–Crippen LogP) is 1.73. The molecule has 0 aromatic heterocycles. The van der Waals surface area contributed by atoms with E-state index in [2.05, 4.69) is 0 Å². The van der Waals surface area contributed by atoms with Crippen molar-refractivity contribution in [2.24, 2.45) is 0 Å². The Morgan fingerprint density at radius 1 is 1.00 bits per heavy atom. The first-order valence-electron chi connectivity index (χ1n) is 7.88. The molecule has 0 fully saturated rings. The Bertz CT molecular complexity index is 844. The number of sulfonamides is 1. The molecule has 1 aliphatic rings. The third kappa shape index (κ3) is 3.10. The Balaban J connectivity index is 1.93. The van der Waals surface area contributed by atoms with E-state index in [-0.39, 0.29) is 19.8 Å². The zero-order valence-corrected chi connectivity index (χ0v) is 14.4. The number of benzene rings is 2. The molecular weight excluding hydrogens is 326 g/mol. The molecular formula is C18H21NO4S. The smallest absolute Gasteiger partial charge is 0.243 e. The predicted molar refractivity (Wildman–Crippen MR) is 90.8 cm³/mol. The summed E-state index contributed by atoms with van der Waals surface area (Å²) >= 11 is 0. The maximum atomic E-state index is 12.8. The standard InChI is InChI=1S/C18H21NO4S/c1-13-2-4-18(5-3-13)24(22,23)19-7-6-14-8-16(11-20)17(12-21)9-15(14)10-19/h2-5,8-9,20-21H,6-7,10-12H2,1H3. The van der Waals surface area contributed by atoms with Gasteiger partial charge in [0, 0.05) is 13.1 Å². The zero-order valence-electron chi connectivity index (χ0n) is 13.6. The molecule has 128 valence electrons. The summed E-state index contributed by atoms with van der Waals surface area (Å²) in [7, 11) is -3.54. The van der Waals surface area contributed by atoms with Crippen molar-refractivity contribution < 1.29 is 18.6 Å². The van der Waals surface area contributed by atoms with Crippen LogP contribution in [-0.2, 0) is 36.2 Å². The van der Waals surface area contributed by atoms with E-state index in [1.165, 1.54) is 4.31 Å². The van der Waals surface area contributed by atoms with Gasteiger partial charge < -0.3 is 10.2 Å². The summed E-state index contributed by atoms with van der Waals surface area (Å²) in [6, 6.07) is 10.5. The molecule has 0 unspecified atom stereocenters. The number of fused-ring (bicyclic) bond motifs is 1. The number of aliphatic hydroxyl groups excluding tert-OH is 2.